The van der Waals surface area contributed by atoms with Crippen molar-refractivity contribution in [3.8, 4) is 0 Å². The summed E-state index contributed by atoms with van der Waals surface area (Å²) in [5.74, 6) is -0.504. The highest BCUT2D eigenvalue weighted by Crippen LogP contribution is 2.07. The molecule has 1 aromatic carbocycles. The van der Waals surface area contributed by atoms with Gasteiger partial charge in [0.1, 0.15) is 0 Å². The summed E-state index contributed by atoms with van der Waals surface area (Å²) >= 11 is 0. The van der Waals surface area contributed by atoms with Crippen LogP contribution < -0.4 is 0 Å². The maximum absolute atomic E-state index is 12.3. The smallest absolute Gasteiger partial charge is 0.0957 e. The zero-order valence-electron chi connectivity index (χ0n) is 7.86. The standard InChI is InChI=1S/C12H13FO/c1-10(13)9-12(14)8-7-11-5-3-2-4-6-11/h2-8,12,14H,1,9H2/b8-7+/t12-/m0/s1. The van der Waals surface area contributed by atoms with Gasteiger partial charge in [0.15, 0.2) is 0 Å². The maximum Gasteiger partial charge on any atom is 0.0957 e. The lowest BCUT2D eigenvalue weighted by molar-refractivity contribution is 0.216. The van der Waals surface area contributed by atoms with Crippen LogP contribution >= 0.6 is 0 Å². The van der Waals surface area contributed by atoms with Gasteiger partial charge in [-0.25, -0.2) is 4.39 Å². The van der Waals surface area contributed by atoms with Crippen LogP contribution in [0.4, 0.5) is 4.39 Å². The summed E-state index contributed by atoms with van der Waals surface area (Å²) in [7, 11) is 0. The van der Waals surface area contributed by atoms with Gasteiger partial charge in [-0.05, 0) is 5.56 Å². The minimum atomic E-state index is -0.798. The normalized spacial score (nSPS) is 13.0. The third-order valence-electron chi connectivity index (χ3n) is 1.74. The van der Waals surface area contributed by atoms with E-state index >= 15 is 0 Å². The van der Waals surface area contributed by atoms with Crippen molar-refractivity contribution < 1.29 is 9.50 Å². The summed E-state index contributed by atoms with van der Waals surface area (Å²) < 4.78 is 12.3. The third-order valence-corrected chi connectivity index (χ3v) is 1.74. The molecule has 0 aromatic heterocycles. The second-order valence-corrected chi connectivity index (χ2v) is 3.06. The molecule has 1 N–H and O–H groups in total. The molecule has 1 nitrogen and oxygen atoms in total. The topological polar surface area (TPSA) is 20.2 Å². The molecule has 1 atom stereocenters. The first-order valence-electron chi connectivity index (χ1n) is 4.43. The van der Waals surface area contributed by atoms with Crippen molar-refractivity contribution in [2.45, 2.75) is 12.5 Å². The van der Waals surface area contributed by atoms with Gasteiger partial charge >= 0.3 is 0 Å². The molecule has 1 aromatic rings. The van der Waals surface area contributed by atoms with Crippen molar-refractivity contribution in [2.24, 2.45) is 0 Å². The van der Waals surface area contributed by atoms with Crippen molar-refractivity contribution in [1.29, 1.82) is 0 Å². The Morgan fingerprint density at radius 1 is 1.43 bits per heavy atom. The Morgan fingerprint density at radius 3 is 2.64 bits per heavy atom. The fourth-order valence-electron chi connectivity index (χ4n) is 1.08. The Hall–Kier alpha value is -1.41. The van der Waals surface area contributed by atoms with Crippen molar-refractivity contribution in [3.05, 3.63) is 54.4 Å². The first kappa shape index (κ1) is 10.7. The Balaban J connectivity index is 2.52. The SMILES string of the molecule is C=C(F)C[C@@H](O)/C=C/c1ccccc1. The second kappa shape index (κ2) is 5.35. The van der Waals surface area contributed by atoms with Crippen LogP contribution in [-0.2, 0) is 0 Å². The summed E-state index contributed by atoms with van der Waals surface area (Å²) in [6.45, 7) is 3.09. The van der Waals surface area contributed by atoms with Gasteiger partial charge in [0.2, 0.25) is 0 Å². The minimum absolute atomic E-state index is 0.0384. The van der Waals surface area contributed by atoms with Crippen molar-refractivity contribution >= 4 is 6.08 Å². The van der Waals surface area contributed by atoms with Crippen LogP contribution in [0.5, 0.6) is 0 Å². The van der Waals surface area contributed by atoms with Gasteiger partial charge in [0, 0.05) is 6.42 Å². The Morgan fingerprint density at radius 2 is 2.07 bits per heavy atom. The molecule has 0 aliphatic rings. The van der Waals surface area contributed by atoms with Crippen LogP contribution in [0, 0.1) is 0 Å². The van der Waals surface area contributed by atoms with Gasteiger partial charge in [0.25, 0.3) is 0 Å². The molecule has 14 heavy (non-hydrogen) atoms. The minimum Gasteiger partial charge on any atom is -0.389 e. The van der Waals surface area contributed by atoms with E-state index in [1.807, 2.05) is 30.3 Å². The molecule has 0 fully saturated rings. The van der Waals surface area contributed by atoms with Crippen LogP contribution in [-0.4, -0.2) is 11.2 Å². The highest BCUT2D eigenvalue weighted by atomic mass is 19.1. The molecule has 0 spiro atoms. The van der Waals surface area contributed by atoms with Crippen LogP contribution in [0.25, 0.3) is 6.08 Å². The van der Waals surface area contributed by atoms with Gasteiger partial charge in [-0.3, -0.25) is 0 Å². The van der Waals surface area contributed by atoms with E-state index < -0.39 is 11.9 Å². The van der Waals surface area contributed by atoms with Crippen molar-refractivity contribution in [3.63, 3.8) is 0 Å². The van der Waals surface area contributed by atoms with Crippen LogP contribution in [0.2, 0.25) is 0 Å². The number of benzene rings is 1. The molecule has 0 aliphatic carbocycles. The molecule has 2 heteroatoms. The number of aliphatic hydroxyl groups is 1. The lowest BCUT2D eigenvalue weighted by Crippen LogP contribution is -2.00. The molecule has 0 unspecified atom stereocenters. The van der Waals surface area contributed by atoms with Gasteiger partial charge in [0.05, 0.1) is 11.9 Å². The zero-order chi connectivity index (χ0) is 10.4. The highest BCUT2D eigenvalue weighted by molar-refractivity contribution is 5.49. The van der Waals surface area contributed by atoms with Crippen molar-refractivity contribution in [2.75, 3.05) is 0 Å². The Labute approximate surface area is 83.2 Å². The lowest BCUT2D eigenvalue weighted by atomic mass is 10.1. The quantitative estimate of drug-likeness (QED) is 0.777. The summed E-state index contributed by atoms with van der Waals surface area (Å²) in [4.78, 5) is 0. The number of halogens is 1. The van der Waals surface area contributed by atoms with E-state index in [1.165, 1.54) is 0 Å². The monoisotopic (exact) mass is 192 g/mol. The molecule has 0 saturated heterocycles. The molecule has 0 aliphatic heterocycles. The van der Waals surface area contributed by atoms with E-state index in [0.29, 0.717) is 0 Å². The number of hydrogen-bond acceptors (Lipinski definition) is 1. The summed E-state index contributed by atoms with van der Waals surface area (Å²) in [6.07, 6.45) is 2.48. The number of hydrogen-bond donors (Lipinski definition) is 1. The molecule has 0 saturated carbocycles. The first-order valence-corrected chi connectivity index (χ1v) is 4.43. The number of rotatable bonds is 4. The second-order valence-electron chi connectivity index (χ2n) is 3.06. The van der Waals surface area contributed by atoms with Gasteiger partial charge in [-0.15, -0.1) is 0 Å². The lowest BCUT2D eigenvalue weighted by Gasteiger charge is -2.01. The molecule has 0 radical (unpaired) electrons. The third kappa shape index (κ3) is 4.01. The molecule has 0 bridgehead atoms. The van der Waals surface area contributed by atoms with Gasteiger partial charge in [-0.1, -0.05) is 49.1 Å². The molecular formula is C12H13FO. The van der Waals surface area contributed by atoms with Crippen LogP contribution in [0.1, 0.15) is 12.0 Å². The average molecular weight is 192 g/mol. The summed E-state index contributed by atoms with van der Waals surface area (Å²) in [5.41, 5.74) is 0.982. The number of aliphatic hydroxyl groups excluding tert-OH is 1. The van der Waals surface area contributed by atoms with E-state index in [1.54, 1.807) is 12.2 Å². The molecule has 1 rings (SSSR count). The van der Waals surface area contributed by atoms with Crippen LogP contribution in [0.15, 0.2) is 48.8 Å². The summed E-state index contributed by atoms with van der Waals surface area (Å²) in [6, 6.07) is 9.54. The fourth-order valence-corrected chi connectivity index (χ4v) is 1.08. The average Bonchev–Trinajstić information content (AvgIpc) is 2.15. The van der Waals surface area contributed by atoms with E-state index in [2.05, 4.69) is 6.58 Å². The maximum atomic E-state index is 12.3. The molecule has 74 valence electrons. The fraction of sp³-hybridized carbons (Fsp3) is 0.167. The van der Waals surface area contributed by atoms with E-state index in [-0.39, 0.29) is 6.42 Å². The van der Waals surface area contributed by atoms with Gasteiger partial charge < -0.3 is 5.11 Å². The first-order chi connectivity index (χ1) is 6.68. The summed E-state index contributed by atoms with van der Waals surface area (Å²) in [5, 5.41) is 9.29. The largest absolute Gasteiger partial charge is 0.389 e. The van der Waals surface area contributed by atoms with E-state index in [4.69, 9.17) is 0 Å². The van der Waals surface area contributed by atoms with E-state index in [9.17, 15) is 9.50 Å². The highest BCUT2D eigenvalue weighted by Gasteiger charge is 2.00. The predicted octanol–water partition coefficient (Wildman–Crippen LogP) is 2.93. The Bertz CT molecular complexity index is 316. The zero-order valence-corrected chi connectivity index (χ0v) is 7.86. The molecular weight excluding hydrogens is 179 g/mol. The Kier molecular flexibility index (Phi) is 4.08. The van der Waals surface area contributed by atoms with Crippen molar-refractivity contribution in [1.82, 2.24) is 0 Å². The molecule has 0 amide bonds. The van der Waals surface area contributed by atoms with Gasteiger partial charge in [-0.2, -0.15) is 0 Å². The predicted molar refractivity (Wildman–Crippen MR) is 56.3 cm³/mol. The van der Waals surface area contributed by atoms with E-state index in [0.717, 1.165) is 5.56 Å². The van der Waals surface area contributed by atoms with Crippen LogP contribution in [0.3, 0.4) is 0 Å². The molecule has 0 heterocycles.